The number of nitrogens with zero attached hydrogens (tertiary/aromatic N) is 3. The number of ether oxygens (including phenoxy) is 2. The molecule has 4 rings (SSSR count). The quantitative estimate of drug-likeness (QED) is 0.601. The van der Waals surface area contributed by atoms with Crippen molar-refractivity contribution in [3.63, 3.8) is 0 Å². The van der Waals surface area contributed by atoms with Crippen molar-refractivity contribution in [2.75, 3.05) is 22.7 Å². The second kappa shape index (κ2) is 7.78. The first kappa shape index (κ1) is 17.5. The minimum atomic E-state index is -0.112. The third kappa shape index (κ3) is 4.26. The van der Waals surface area contributed by atoms with Gasteiger partial charge in [0, 0.05) is 24.8 Å². The standard InChI is InChI=1S/C19H18N6O3/c1-12(26)22-14-3-5-15(6-4-14)23-18-10-21-25-19(24-18)20-9-13-2-7-16-17(8-13)28-11-27-16/h2-8,10H,9,11H2,1H3,(H,22,26)(H2,20,23,24,25). The first-order valence-electron chi connectivity index (χ1n) is 8.62. The maximum atomic E-state index is 11.1. The number of amides is 1. The van der Waals surface area contributed by atoms with Gasteiger partial charge in [-0.2, -0.15) is 10.1 Å². The summed E-state index contributed by atoms with van der Waals surface area (Å²) in [5.74, 6) is 2.32. The maximum absolute atomic E-state index is 11.1. The lowest BCUT2D eigenvalue weighted by Crippen LogP contribution is -2.07. The number of carbonyl (C=O) groups excluding carboxylic acids is 1. The smallest absolute Gasteiger partial charge is 0.244 e. The number of benzene rings is 2. The zero-order chi connectivity index (χ0) is 19.3. The zero-order valence-corrected chi connectivity index (χ0v) is 15.1. The number of hydrogen-bond donors (Lipinski definition) is 3. The Morgan fingerprint density at radius 1 is 1.07 bits per heavy atom. The summed E-state index contributed by atoms with van der Waals surface area (Å²) in [7, 11) is 0. The molecule has 142 valence electrons. The van der Waals surface area contributed by atoms with Gasteiger partial charge in [0.25, 0.3) is 0 Å². The van der Waals surface area contributed by atoms with Crippen LogP contribution in [0.1, 0.15) is 12.5 Å². The Kier molecular flexibility index (Phi) is 4.87. The first-order valence-corrected chi connectivity index (χ1v) is 8.62. The second-order valence-corrected chi connectivity index (χ2v) is 6.09. The molecule has 1 aliphatic heterocycles. The van der Waals surface area contributed by atoms with Gasteiger partial charge in [-0.05, 0) is 42.0 Å². The SMILES string of the molecule is CC(=O)Nc1ccc(Nc2cnnc(NCc3ccc4c(c3)OCO4)n2)cc1. The Balaban J connectivity index is 1.38. The van der Waals surface area contributed by atoms with Gasteiger partial charge in [0.15, 0.2) is 17.3 Å². The van der Waals surface area contributed by atoms with Crippen molar-refractivity contribution in [3.8, 4) is 11.5 Å². The summed E-state index contributed by atoms with van der Waals surface area (Å²) in [5, 5.41) is 17.0. The normalized spacial score (nSPS) is 11.8. The van der Waals surface area contributed by atoms with Crippen LogP contribution in [0.25, 0.3) is 0 Å². The molecule has 0 bridgehead atoms. The molecule has 0 radical (unpaired) electrons. The van der Waals surface area contributed by atoms with E-state index in [4.69, 9.17) is 9.47 Å². The molecule has 9 nitrogen and oxygen atoms in total. The van der Waals surface area contributed by atoms with Crippen LogP contribution in [0.15, 0.2) is 48.7 Å². The molecule has 0 unspecified atom stereocenters. The third-order valence-corrected chi connectivity index (χ3v) is 3.92. The molecular weight excluding hydrogens is 360 g/mol. The number of anilines is 4. The Morgan fingerprint density at radius 3 is 2.68 bits per heavy atom. The van der Waals surface area contributed by atoms with Crippen LogP contribution in [0.3, 0.4) is 0 Å². The average Bonchev–Trinajstić information content (AvgIpc) is 3.16. The molecule has 3 N–H and O–H groups in total. The van der Waals surface area contributed by atoms with Crippen LogP contribution in [0.5, 0.6) is 11.5 Å². The maximum Gasteiger partial charge on any atom is 0.244 e. The number of carbonyl (C=O) groups is 1. The first-order chi connectivity index (χ1) is 13.7. The van der Waals surface area contributed by atoms with Crippen molar-refractivity contribution in [1.82, 2.24) is 15.2 Å². The lowest BCUT2D eigenvalue weighted by atomic mass is 10.2. The minimum Gasteiger partial charge on any atom is -0.454 e. The molecule has 0 saturated heterocycles. The molecule has 2 aromatic carbocycles. The van der Waals surface area contributed by atoms with Crippen LogP contribution < -0.4 is 25.4 Å². The lowest BCUT2D eigenvalue weighted by Gasteiger charge is -2.09. The Hall–Kier alpha value is -3.88. The van der Waals surface area contributed by atoms with Crippen molar-refractivity contribution in [3.05, 3.63) is 54.2 Å². The molecule has 1 amide bonds. The lowest BCUT2D eigenvalue weighted by molar-refractivity contribution is -0.114. The third-order valence-electron chi connectivity index (χ3n) is 3.92. The van der Waals surface area contributed by atoms with E-state index >= 15 is 0 Å². The summed E-state index contributed by atoms with van der Waals surface area (Å²) in [6.45, 7) is 2.24. The molecule has 3 aromatic rings. The largest absolute Gasteiger partial charge is 0.454 e. The summed E-state index contributed by atoms with van der Waals surface area (Å²) in [5.41, 5.74) is 2.56. The van der Waals surface area contributed by atoms with E-state index in [0.29, 0.717) is 18.3 Å². The van der Waals surface area contributed by atoms with Gasteiger partial charge in [-0.1, -0.05) is 6.07 Å². The molecule has 1 aromatic heterocycles. The molecule has 1 aliphatic rings. The zero-order valence-electron chi connectivity index (χ0n) is 15.1. The van der Waals surface area contributed by atoms with Crippen LogP contribution in [0.4, 0.5) is 23.1 Å². The van der Waals surface area contributed by atoms with E-state index in [1.807, 2.05) is 30.3 Å². The molecule has 0 aliphatic carbocycles. The van der Waals surface area contributed by atoms with Crippen molar-refractivity contribution in [2.45, 2.75) is 13.5 Å². The van der Waals surface area contributed by atoms with E-state index in [0.717, 1.165) is 28.4 Å². The van der Waals surface area contributed by atoms with E-state index in [1.165, 1.54) is 13.1 Å². The molecule has 0 atom stereocenters. The van der Waals surface area contributed by atoms with E-state index in [-0.39, 0.29) is 12.7 Å². The number of hydrogen-bond acceptors (Lipinski definition) is 8. The van der Waals surface area contributed by atoms with Crippen LogP contribution in [-0.4, -0.2) is 27.9 Å². The minimum absolute atomic E-state index is 0.112. The predicted molar refractivity (Wildman–Crippen MR) is 104 cm³/mol. The van der Waals surface area contributed by atoms with Gasteiger partial charge in [0.05, 0.1) is 6.20 Å². The van der Waals surface area contributed by atoms with Gasteiger partial charge in [-0.3, -0.25) is 4.79 Å². The monoisotopic (exact) mass is 378 g/mol. The molecule has 9 heteroatoms. The van der Waals surface area contributed by atoms with Crippen LogP contribution in [0, 0.1) is 0 Å². The highest BCUT2D eigenvalue weighted by atomic mass is 16.7. The molecule has 28 heavy (non-hydrogen) atoms. The Morgan fingerprint density at radius 2 is 1.86 bits per heavy atom. The molecule has 0 fully saturated rings. The van der Waals surface area contributed by atoms with Crippen LogP contribution in [-0.2, 0) is 11.3 Å². The second-order valence-electron chi connectivity index (χ2n) is 6.09. The Labute approximate surface area is 161 Å². The van der Waals surface area contributed by atoms with Gasteiger partial charge in [-0.15, -0.1) is 5.10 Å². The van der Waals surface area contributed by atoms with Crippen molar-refractivity contribution in [2.24, 2.45) is 0 Å². The summed E-state index contributed by atoms with van der Waals surface area (Å²) >= 11 is 0. The fourth-order valence-corrected chi connectivity index (χ4v) is 2.66. The Bertz CT molecular complexity index is 993. The number of rotatable bonds is 6. The van der Waals surface area contributed by atoms with Crippen molar-refractivity contribution in [1.29, 1.82) is 0 Å². The summed E-state index contributed by atoms with van der Waals surface area (Å²) in [6.07, 6.45) is 1.54. The fourth-order valence-electron chi connectivity index (χ4n) is 2.66. The molecule has 2 heterocycles. The van der Waals surface area contributed by atoms with Gasteiger partial charge in [0.1, 0.15) is 0 Å². The molecular formula is C19H18N6O3. The van der Waals surface area contributed by atoms with E-state index in [9.17, 15) is 4.79 Å². The molecule has 0 spiro atoms. The highest BCUT2D eigenvalue weighted by molar-refractivity contribution is 5.88. The van der Waals surface area contributed by atoms with Crippen molar-refractivity contribution < 1.29 is 14.3 Å². The van der Waals surface area contributed by atoms with E-state index in [1.54, 1.807) is 12.1 Å². The van der Waals surface area contributed by atoms with E-state index in [2.05, 4.69) is 31.1 Å². The topological polar surface area (TPSA) is 110 Å². The summed E-state index contributed by atoms with van der Waals surface area (Å²) < 4.78 is 10.7. The van der Waals surface area contributed by atoms with Crippen LogP contribution in [0.2, 0.25) is 0 Å². The fraction of sp³-hybridized carbons (Fsp3) is 0.158. The number of aromatic nitrogens is 3. The van der Waals surface area contributed by atoms with E-state index < -0.39 is 0 Å². The highest BCUT2D eigenvalue weighted by Crippen LogP contribution is 2.32. The predicted octanol–water partition coefficient (Wildman–Crippen LogP) is 2.91. The number of fused-ring (bicyclic) bond motifs is 1. The van der Waals surface area contributed by atoms with Gasteiger partial charge >= 0.3 is 0 Å². The average molecular weight is 378 g/mol. The highest BCUT2D eigenvalue weighted by Gasteiger charge is 2.13. The number of nitrogens with one attached hydrogen (secondary N) is 3. The summed E-state index contributed by atoms with van der Waals surface area (Å²) in [6, 6.07) is 13.0. The van der Waals surface area contributed by atoms with Crippen LogP contribution >= 0.6 is 0 Å². The van der Waals surface area contributed by atoms with Gasteiger partial charge in [0.2, 0.25) is 18.6 Å². The van der Waals surface area contributed by atoms with Crippen molar-refractivity contribution >= 4 is 29.0 Å². The molecule has 0 saturated carbocycles. The van der Waals surface area contributed by atoms with Gasteiger partial charge in [-0.25, -0.2) is 0 Å². The summed E-state index contributed by atoms with van der Waals surface area (Å²) in [4.78, 5) is 15.5. The van der Waals surface area contributed by atoms with Gasteiger partial charge < -0.3 is 25.4 Å².